The molecule has 2 heterocycles. The van der Waals surface area contributed by atoms with E-state index in [0.717, 1.165) is 11.3 Å². The fraction of sp³-hybridized carbons (Fsp3) is 0.0769. The smallest absolute Gasteiger partial charge is 0.224 e. The predicted octanol–water partition coefficient (Wildman–Crippen LogP) is 3.38. The number of nitrogens with zero attached hydrogens (tertiary/aromatic N) is 3. The van der Waals surface area contributed by atoms with Gasteiger partial charge in [0, 0.05) is 17.8 Å². The van der Waals surface area contributed by atoms with E-state index < -0.39 is 0 Å². The first-order valence-electron chi connectivity index (χ1n) is 5.31. The van der Waals surface area contributed by atoms with Crippen LogP contribution in [0.5, 0.6) is 0 Å². The number of aryl methyl sites for hydroxylation is 1. The number of para-hydroxylation sites is 1. The van der Waals surface area contributed by atoms with Crippen LogP contribution in [-0.4, -0.2) is 14.5 Å². The van der Waals surface area contributed by atoms with Crippen LogP contribution in [0.3, 0.4) is 0 Å². The molecule has 4 heteroatoms. The summed E-state index contributed by atoms with van der Waals surface area (Å²) in [5.74, 6) is 0.786. The SMILES string of the molecule is Cc1cn(-c2ccnc(Cl)n2)c2ccccc12. The van der Waals surface area contributed by atoms with Gasteiger partial charge in [-0.25, -0.2) is 4.98 Å². The van der Waals surface area contributed by atoms with E-state index in [2.05, 4.69) is 35.2 Å². The van der Waals surface area contributed by atoms with E-state index >= 15 is 0 Å². The Hall–Kier alpha value is -1.87. The molecule has 0 bridgehead atoms. The Morgan fingerprint density at radius 1 is 1.18 bits per heavy atom. The van der Waals surface area contributed by atoms with E-state index in [1.54, 1.807) is 6.20 Å². The monoisotopic (exact) mass is 243 g/mol. The molecule has 0 aliphatic heterocycles. The van der Waals surface area contributed by atoms with Gasteiger partial charge in [0.15, 0.2) is 0 Å². The van der Waals surface area contributed by atoms with Crippen molar-refractivity contribution < 1.29 is 0 Å². The molecule has 1 aromatic carbocycles. The van der Waals surface area contributed by atoms with Crippen LogP contribution in [0.1, 0.15) is 5.56 Å². The first-order chi connectivity index (χ1) is 8.25. The van der Waals surface area contributed by atoms with Crippen LogP contribution in [0.2, 0.25) is 5.28 Å². The second-order valence-corrected chi connectivity index (χ2v) is 4.22. The summed E-state index contributed by atoms with van der Waals surface area (Å²) in [6.07, 6.45) is 3.72. The van der Waals surface area contributed by atoms with Gasteiger partial charge < -0.3 is 4.57 Å². The molecule has 0 atom stereocenters. The number of aromatic nitrogens is 3. The standard InChI is InChI=1S/C13H10ClN3/c1-9-8-17(11-5-3-2-4-10(9)11)12-6-7-15-13(14)16-12/h2-8H,1H3. The molecule has 2 aromatic heterocycles. The number of hydrogen-bond acceptors (Lipinski definition) is 2. The van der Waals surface area contributed by atoms with Crippen LogP contribution in [-0.2, 0) is 0 Å². The van der Waals surface area contributed by atoms with Gasteiger partial charge in [-0.15, -0.1) is 0 Å². The van der Waals surface area contributed by atoms with Crippen LogP contribution >= 0.6 is 11.6 Å². The van der Waals surface area contributed by atoms with E-state index in [1.807, 2.05) is 22.8 Å². The van der Waals surface area contributed by atoms with Crippen molar-refractivity contribution in [2.24, 2.45) is 0 Å². The Kier molecular flexibility index (Phi) is 2.34. The molecule has 0 spiro atoms. The first kappa shape index (κ1) is 10.3. The highest BCUT2D eigenvalue weighted by Crippen LogP contribution is 2.23. The van der Waals surface area contributed by atoms with Gasteiger partial charge in [0.2, 0.25) is 5.28 Å². The molecular weight excluding hydrogens is 234 g/mol. The van der Waals surface area contributed by atoms with Crippen molar-refractivity contribution in [3.63, 3.8) is 0 Å². The molecule has 0 unspecified atom stereocenters. The number of halogens is 1. The fourth-order valence-corrected chi connectivity index (χ4v) is 2.14. The number of fused-ring (bicyclic) bond motifs is 1. The zero-order valence-electron chi connectivity index (χ0n) is 9.26. The molecule has 3 aromatic rings. The lowest BCUT2D eigenvalue weighted by molar-refractivity contribution is 1.01. The van der Waals surface area contributed by atoms with E-state index in [9.17, 15) is 0 Å². The van der Waals surface area contributed by atoms with Crippen LogP contribution in [0.4, 0.5) is 0 Å². The maximum Gasteiger partial charge on any atom is 0.224 e. The van der Waals surface area contributed by atoms with Gasteiger partial charge in [0.25, 0.3) is 0 Å². The van der Waals surface area contributed by atoms with Gasteiger partial charge in [0.05, 0.1) is 5.52 Å². The maximum absolute atomic E-state index is 5.82. The summed E-state index contributed by atoms with van der Waals surface area (Å²) < 4.78 is 2.03. The van der Waals surface area contributed by atoms with Crippen molar-refractivity contribution in [1.82, 2.24) is 14.5 Å². The minimum absolute atomic E-state index is 0.262. The lowest BCUT2D eigenvalue weighted by Gasteiger charge is -2.03. The minimum Gasteiger partial charge on any atom is -0.301 e. The Morgan fingerprint density at radius 3 is 2.82 bits per heavy atom. The molecular formula is C13H10ClN3. The number of benzene rings is 1. The Labute approximate surface area is 104 Å². The molecule has 17 heavy (non-hydrogen) atoms. The van der Waals surface area contributed by atoms with Gasteiger partial charge >= 0.3 is 0 Å². The van der Waals surface area contributed by atoms with E-state index in [-0.39, 0.29) is 5.28 Å². The van der Waals surface area contributed by atoms with Crippen LogP contribution in [0, 0.1) is 6.92 Å². The molecule has 84 valence electrons. The zero-order chi connectivity index (χ0) is 11.8. The average Bonchev–Trinajstić information content (AvgIpc) is 2.68. The van der Waals surface area contributed by atoms with Gasteiger partial charge in [-0.05, 0) is 36.2 Å². The Bertz CT molecular complexity index is 688. The molecule has 0 radical (unpaired) electrons. The molecule has 0 aliphatic rings. The third-order valence-corrected chi connectivity index (χ3v) is 2.95. The van der Waals surface area contributed by atoms with Gasteiger partial charge in [-0.2, -0.15) is 4.98 Å². The Balaban J connectivity index is 2.31. The summed E-state index contributed by atoms with van der Waals surface area (Å²) in [5, 5.41) is 1.49. The lowest BCUT2D eigenvalue weighted by atomic mass is 10.2. The molecule has 0 saturated carbocycles. The second kappa shape index (κ2) is 3.86. The van der Waals surface area contributed by atoms with Gasteiger partial charge in [-0.1, -0.05) is 18.2 Å². The van der Waals surface area contributed by atoms with Gasteiger partial charge in [-0.3, -0.25) is 0 Å². The van der Waals surface area contributed by atoms with E-state index in [4.69, 9.17) is 11.6 Å². The first-order valence-corrected chi connectivity index (χ1v) is 5.69. The summed E-state index contributed by atoms with van der Waals surface area (Å²) in [6.45, 7) is 2.08. The van der Waals surface area contributed by atoms with Crippen molar-refractivity contribution in [1.29, 1.82) is 0 Å². The number of hydrogen-bond donors (Lipinski definition) is 0. The molecule has 0 aliphatic carbocycles. The molecule has 0 fully saturated rings. The fourth-order valence-electron chi connectivity index (χ4n) is 2.00. The largest absolute Gasteiger partial charge is 0.301 e. The third kappa shape index (κ3) is 1.68. The van der Waals surface area contributed by atoms with Crippen molar-refractivity contribution >= 4 is 22.5 Å². The van der Waals surface area contributed by atoms with Gasteiger partial charge in [0.1, 0.15) is 5.82 Å². The highest BCUT2D eigenvalue weighted by Gasteiger charge is 2.07. The lowest BCUT2D eigenvalue weighted by Crippen LogP contribution is -1.96. The molecule has 3 nitrogen and oxygen atoms in total. The molecule has 3 rings (SSSR count). The van der Waals surface area contributed by atoms with Crippen molar-refractivity contribution in [3.8, 4) is 5.82 Å². The summed E-state index contributed by atoms with van der Waals surface area (Å²) in [5.41, 5.74) is 2.34. The highest BCUT2D eigenvalue weighted by molar-refractivity contribution is 6.28. The quantitative estimate of drug-likeness (QED) is 0.614. The van der Waals surface area contributed by atoms with Crippen molar-refractivity contribution in [2.75, 3.05) is 0 Å². The summed E-state index contributed by atoms with van der Waals surface area (Å²) in [4.78, 5) is 8.12. The van der Waals surface area contributed by atoms with Crippen molar-refractivity contribution in [2.45, 2.75) is 6.92 Å². The van der Waals surface area contributed by atoms with E-state index in [0.29, 0.717) is 0 Å². The average molecular weight is 244 g/mol. The van der Waals surface area contributed by atoms with Crippen LogP contribution in [0.15, 0.2) is 42.7 Å². The number of rotatable bonds is 1. The van der Waals surface area contributed by atoms with Crippen LogP contribution in [0.25, 0.3) is 16.7 Å². The summed E-state index contributed by atoms with van der Waals surface area (Å²) in [7, 11) is 0. The zero-order valence-corrected chi connectivity index (χ0v) is 10.0. The minimum atomic E-state index is 0.262. The highest BCUT2D eigenvalue weighted by atomic mass is 35.5. The second-order valence-electron chi connectivity index (χ2n) is 3.88. The predicted molar refractivity (Wildman–Crippen MR) is 68.6 cm³/mol. The van der Waals surface area contributed by atoms with E-state index in [1.165, 1.54) is 10.9 Å². The molecule has 0 amide bonds. The Morgan fingerprint density at radius 2 is 2.00 bits per heavy atom. The maximum atomic E-state index is 5.82. The topological polar surface area (TPSA) is 30.7 Å². The normalized spacial score (nSPS) is 10.9. The molecule has 0 saturated heterocycles. The van der Waals surface area contributed by atoms with Crippen molar-refractivity contribution in [3.05, 3.63) is 53.6 Å². The molecule has 0 N–H and O–H groups in total. The third-order valence-electron chi connectivity index (χ3n) is 2.77. The van der Waals surface area contributed by atoms with Crippen LogP contribution < -0.4 is 0 Å². The summed E-state index contributed by atoms with van der Waals surface area (Å²) >= 11 is 5.82. The summed E-state index contributed by atoms with van der Waals surface area (Å²) in [6, 6.07) is 10.1.